The molecule has 0 unspecified atom stereocenters. The van der Waals surface area contributed by atoms with Crippen LogP contribution in [-0.2, 0) is 0 Å². The van der Waals surface area contributed by atoms with Gasteiger partial charge in [-0.3, -0.25) is 0 Å². The molecule has 0 amide bonds. The number of aromatic nitrogens is 2. The Morgan fingerprint density at radius 2 is 1.09 bits per heavy atom. The summed E-state index contributed by atoms with van der Waals surface area (Å²) in [5.41, 5.74) is 10.5. The highest BCUT2D eigenvalue weighted by Gasteiger charge is 2.22. The minimum atomic E-state index is 0.881. The smallest absolute Gasteiger partial charge is 0.143 e. The molecule has 0 aliphatic heterocycles. The Bertz CT molecular complexity index is 2750. The average Bonchev–Trinajstić information content (AvgIpc) is 3.68. The van der Waals surface area contributed by atoms with Crippen LogP contribution in [0.3, 0.4) is 0 Å². The summed E-state index contributed by atoms with van der Waals surface area (Å²) in [7, 11) is 0. The molecule has 0 radical (unpaired) electrons. The summed E-state index contributed by atoms with van der Waals surface area (Å²) in [5.74, 6) is 0. The Hall–Kier alpha value is -6.19. The van der Waals surface area contributed by atoms with Crippen LogP contribution in [0, 0.1) is 0 Å². The van der Waals surface area contributed by atoms with Crippen LogP contribution in [-0.4, -0.2) is 9.55 Å². The third-order valence-electron chi connectivity index (χ3n) is 9.35. The minimum Gasteiger partial charge on any atom is -0.455 e. The lowest BCUT2D eigenvalue weighted by Gasteiger charge is -2.15. The summed E-state index contributed by atoms with van der Waals surface area (Å²) in [5, 5.41) is 8.14. The van der Waals surface area contributed by atoms with Gasteiger partial charge in [0.05, 0.1) is 22.2 Å². The predicted molar refractivity (Wildman–Crippen MR) is 192 cm³/mol. The van der Waals surface area contributed by atoms with E-state index < -0.39 is 0 Å². The Kier molecular flexibility index (Phi) is 5.28. The van der Waals surface area contributed by atoms with Gasteiger partial charge in [0.2, 0.25) is 0 Å². The molecule has 0 spiro atoms. The largest absolute Gasteiger partial charge is 0.455 e. The molecule has 46 heavy (non-hydrogen) atoms. The molecule has 0 aliphatic rings. The minimum absolute atomic E-state index is 0.881. The second-order valence-electron chi connectivity index (χ2n) is 11.9. The van der Waals surface area contributed by atoms with Crippen LogP contribution in [0.25, 0.3) is 93.5 Å². The van der Waals surface area contributed by atoms with Crippen LogP contribution in [0.2, 0.25) is 0 Å². The first-order chi connectivity index (χ1) is 22.8. The number of pyridine rings is 1. The number of hydrogen-bond acceptors (Lipinski definition) is 2. The van der Waals surface area contributed by atoms with Gasteiger partial charge in [-0.25, -0.2) is 4.98 Å². The Morgan fingerprint density at radius 3 is 1.87 bits per heavy atom. The second kappa shape index (κ2) is 9.65. The van der Waals surface area contributed by atoms with Gasteiger partial charge in [-0.1, -0.05) is 115 Å². The summed E-state index contributed by atoms with van der Waals surface area (Å²) in [6.07, 6.45) is 0. The van der Waals surface area contributed by atoms with Gasteiger partial charge < -0.3 is 8.98 Å². The average molecular weight is 587 g/mol. The Labute approximate surface area is 264 Å². The van der Waals surface area contributed by atoms with Crippen LogP contribution < -0.4 is 0 Å². The van der Waals surface area contributed by atoms with Crippen molar-refractivity contribution in [3.63, 3.8) is 0 Å². The van der Waals surface area contributed by atoms with Gasteiger partial charge >= 0.3 is 0 Å². The van der Waals surface area contributed by atoms with Crippen molar-refractivity contribution in [3.8, 4) is 28.1 Å². The van der Waals surface area contributed by atoms with Crippen molar-refractivity contribution >= 4 is 65.4 Å². The van der Waals surface area contributed by atoms with Gasteiger partial charge in [0, 0.05) is 54.5 Å². The predicted octanol–water partition coefficient (Wildman–Crippen LogP) is 11.7. The molecule has 214 valence electrons. The maximum atomic E-state index is 6.78. The van der Waals surface area contributed by atoms with Gasteiger partial charge in [0.25, 0.3) is 0 Å². The molecule has 0 saturated carbocycles. The summed E-state index contributed by atoms with van der Waals surface area (Å²) >= 11 is 0. The molecule has 10 aromatic rings. The fourth-order valence-electron chi connectivity index (χ4n) is 7.37. The summed E-state index contributed by atoms with van der Waals surface area (Å²) in [6, 6.07) is 55.8. The number of para-hydroxylation sites is 4. The summed E-state index contributed by atoms with van der Waals surface area (Å²) < 4.78 is 9.15. The van der Waals surface area contributed by atoms with Gasteiger partial charge in [-0.15, -0.1) is 0 Å². The van der Waals surface area contributed by atoms with Crippen molar-refractivity contribution in [2.75, 3.05) is 0 Å². The first-order valence-electron chi connectivity index (χ1n) is 15.6. The van der Waals surface area contributed by atoms with Gasteiger partial charge in [-0.05, 0) is 48.0 Å². The lowest BCUT2D eigenvalue weighted by Crippen LogP contribution is -1.95. The molecule has 3 heterocycles. The van der Waals surface area contributed by atoms with Crippen molar-refractivity contribution < 1.29 is 4.42 Å². The molecule has 3 heteroatoms. The van der Waals surface area contributed by atoms with Crippen LogP contribution in [0.4, 0.5) is 0 Å². The quantitative estimate of drug-likeness (QED) is 0.193. The zero-order chi connectivity index (χ0) is 30.2. The molecule has 3 nitrogen and oxygen atoms in total. The number of rotatable bonds is 3. The van der Waals surface area contributed by atoms with Crippen molar-refractivity contribution in [1.82, 2.24) is 9.55 Å². The van der Waals surface area contributed by atoms with E-state index >= 15 is 0 Å². The van der Waals surface area contributed by atoms with E-state index in [1.807, 2.05) is 6.07 Å². The molecular formula is C43H26N2O. The van der Waals surface area contributed by atoms with E-state index in [2.05, 4.69) is 156 Å². The van der Waals surface area contributed by atoms with Gasteiger partial charge in [0.1, 0.15) is 11.2 Å². The molecular weight excluding hydrogens is 560 g/mol. The van der Waals surface area contributed by atoms with Crippen molar-refractivity contribution in [2.45, 2.75) is 0 Å². The maximum Gasteiger partial charge on any atom is 0.143 e. The van der Waals surface area contributed by atoms with E-state index in [1.165, 1.54) is 27.2 Å². The molecule has 0 saturated heterocycles. The molecule has 3 aromatic heterocycles. The third kappa shape index (κ3) is 3.57. The van der Waals surface area contributed by atoms with E-state index in [1.54, 1.807) is 0 Å². The molecule has 0 aliphatic carbocycles. The highest BCUT2D eigenvalue weighted by Crippen LogP contribution is 2.46. The van der Waals surface area contributed by atoms with Crippen LogP contribution in [0.15, 0.2) is 162 Å². The number of nitrogens with zero attached hydrogens (tertiary/aromatic N) is 2. The first kappa shape index (κ1) is 25.2. The summed E-state index contributed by atoms with van der Waals surface area (Å²) in [6.45, 7) is 0. The van der Waals surface area contributed by atoms with Crippen molar-refractivity contribution in [1.29, 1.82) is 0 Å². The normalized spacial score (nSPS) is 11.9. The van der Waals surface area contributed by atoms with Crippen LogP contribution >= 0.6 is 0 Å². The SMILES string of the molecule is c1ccc(-c2nc3ccccc3c3c2cc(-c2cccc(-n4c5ccccc5c5ccccc54)c2)c2oc4ccccc4c23)cc1. The van der Waals surface area contributed by atoms with E-state index in [0.29, 0.717) is 0 Å². The highest BCUT2D eigenvalue weighted by molar-refractivity contribution is 6.30. The van der Waals surface area contributed by atoms with E-state index in [4.69, 9.17) is 9.40 Å². The number of furan rings is 1. The first-order valence-corrected chi connectivity index (χ1v) is 15.6. The monoisotopic (exact) mass is 586 g/mol. The third-order valence-corrected chi connectivity index (χ3v) is 9.35. The highest BCUT2D eigenvalue weighted by atomic mass is 16.3. The lowest BCUT2D eigenvalue weighted by molar-refractivity contribution is 0.670. The number of hydrogen-bond donors (Lipinski definition) is 0. The van der Waals surface area contributed by atoms with E-state index in [-0.39, 0.29) is 0 Å². The maximum absolute atomic E-state index is 6.78. The zero-order valence-corrected chi connectivity index (χ0v) is 24.8. The molecule has 0 bridgehead atoms. The standard InChI is InChI=1S/C43H26N2O/c1-2-13-27(14-3-1)42-35-26-34(43-41(33-20-7-11-24-39(33)46-43)40(35)32-19-4-8-21-36(32)44-42)28-15-12-16-29(25-28)45-37-22-9-5-17-30(37)31-18-6-10-23-38(31)45/h1-26H. The van der Waals surface area contributed by atoms with Gasteiger partial charge in [-0.2, -0.15) is 0 Å². The molecule has 7 aromatic carbocycles. The van der Waals surface area contributed by atoms with Crippen molar-refractivity contribution in [2.24, 2.45) is 0 Å². The van der Waals surface area contributed by atoms with Gasteiger partial charge in [0.15, 0.2) is 0 Å². The lowest BCUT2D eigenvalue weighted by atomic mass is 9.92. The second-order valence-corrected chi connectivity index (χ2v) is 11.9. The summed E-state index contributed by atoms with van der Waals surface area (Å²) in [4.78, 5) is 5.27. The number of benzene rings is 7. The van der Waals surface area contributed by atoms with E-state index in [9.17, 15) is 0 Å². The topological polar surface area (TPSA) is 31.0 Å². The Morgan fingerprint density at radius 1 is 0.457 bits per heavy atom. The molecule has 0 atom stereocenters. The molecule has 0 N–H and O–H groups in total. The number of fused-ring (bicyclic) bond motifs is 10. The molecule has 10 rings (SSSR count). The van der Waals surface area contributed by atoms with Crippen LogP contribution in [0.5, 0.6) is 0 Å². The van der Waals surface area contributed by atoms with Crippen LogP contribution in [0.1, 0.15) is 0 Å². The zero-order valence-electron chi connectivity index (χ0n) is 24.8. The fourth-order valence-corrected chi connectivity index (χ4v) is 7.37. The molecule has 0 fully saturated rings. The van der Waals surface area contributed by atoms with E-state index in [0.717, 1.165) is 66.3 Å². The fraction of sp³-hybridized carbons (Fsp3) is 0. The Balaban J connectivity index is 1.34. The van der Waals surface area contributed by atoms with Crippen molar-refractivity contribution in [3.05, 3.63) is 158 Å².